The Morgan fingerprint density at radius 1 is 1.32 bits per heavy atom. The Labute approximate surface area is 150 Å². The number of unbranched alkanes of at least 4 members (excludes halogenated alkanes) is 2. The van der Waals surface area contributed by atoms with Crippen LogP contribution in [0.3, 0.4) is 0 Å². The Bertz CT molecular complexity index is 647. The van der Waals surface area contributed by atoms with Gasteiger partial charge in [0, 0.05) is 19.6 Å². The molecule has 0 radical (unpaired) electrons. The molecule has 3 rings (SSSR count). The Hall–Kier alpha value is -1.81. The molecule has 1 saturated heterocycles. The molecule has 1 fully saturated rings. The number of hydrogen-bond acceptors (Lipinski definition) is 3. The normalized spacial score (nSPS) is 20.6. The molecule has 0 amide bonds. The van der Waals surface area contributed by atoms with E-state index in [1.54, 1.807) is 0 Å². The lowest BCUT2D eigenvalue weighted by molar-refractivity contribution is -0.147. The van der Waals surface area contributed by atoms with Crippen LogP contribution in [-0.4, -0.2) is 42.2 Å². The number of carbonyl (C=O) groups is 1. The summed E-state index contributed by atoms with van der Waals surface area (Å²) in [6, 6.07) is 6.42. The summed E-state index contributed by atoms with van der Waals surface area (Å²) in [5.41, 5.74) is 4.05. The maximum Gasteiger partial charge on any atom is 0.309 e. The largest absolute Gasteiger partial charge is 0.494 e. The number of benzene rings is 1. The lowest BCUT2D eigenvalue weighted by Gasteiger charge is -2.38. The highest BCUT2D eigenvalue weighted by Crippen LogP contribution is 2.32. The predicted molar refractivity (Wildman–Crippen MR) is 99.9 cm³/mol. The summed E-state index contributed by atoms with van der Waals surface area (Å²) in [6.45, 7) is 7.50. The number of nitrogens with zero attached hydrogens (tertiary/aromatic N) is 1. The molecule has 1 heterocycles. The lowest BCUT2D eigenvalue weighted by Crippen LogP contribution is -2.51. The summed E-state index contributed by atoms with van der Waals surface area (Å²) < 4.78 is 5.88. The average molecular weight is 343 g/mol. The van der Waals surface area contributed by atoms with Crippen LogP contribution >= 0.6 is 0 Å². The summed E-state index contributed by atoms with van der Waals surface area (Å²) in [5, 5.41) is 9.00. The van der Waals surface area contributed by atoms with E-state index in [9.17, 15) is 4.79 Å². The maximum atomic E-state index is 10.9. The van der Waals surface area contributed by atoms with Gasteiger partial charge in [-0.05, 0) is 42.0 Å². The Balaban J connectivity index is 1.60. The molecular weight excluding hydrogens is 314 g/mol. The minimum absolute atomic E-state index is 0.181. The first-order valence-electron chi connectivity index (χ1n) is 9.48. The van der Waals surface area contributed by atoms with Crippen molar-refractivity contribution in [1.29, 1.82) is 0 Å². The summed E-state index contributed by atoms with van der Waals surface area (Å²) >= 11 is 0. The van der Waals surface area contributed by atoms with E-state index in [-0.39, 0.29) is 5.92 Å². The molecule has 1 aliphatic heterocycles. The molecule has 0 bridgehead atoms. The SMILES string of the molecule is CCCCCOc1ccc2c(c1)C[C@H](C)C(CN1CC(C(=O)O)C1)=C2. The fraction of sp³-hybridized carbons (Fsp3) is 0.571. The Kier molecular flexibility index (Phi) is 5.79. The molecule has 0 aromatic heterocycles. The van der Waals surface area contributed by atoms with Gasteiger partial charge in [0.15, 0.2) is 0 Å². The number of carboxylic acid groups (broad SMARTS) is 1. The van der Waals surface area contributed by atoms with E-state index >= 15 is 0 Å². The zero-order chi connectivity index (χ0) is 17.8. The molecule has 0 unspecified atom stereocenters. The molecule has 1 N–H and O–H groups in total. The van der Waals surface area contributed by atoms with Gasteiger partial charge in [-0.1, -0.05) is 44.4 Å². The zero-order valence-corrected chi connectivity index (χ0v) is 15.3. The molecule has 1 aliphatic carbocycles. The topological polar surface area (TPSA) is 49.8 Å². The predicted octanol–water partition coefficient (Wildman–Crippen LogP) is 3.85. The molecule has 4 nitrogen and oxygen atoms in total. The number of carboxylic acids is 1. The van der Waals surface area contributed by atoms with Crippen LogP contribution in [0, 0.1) is 11.8 Å². The van der Waals surface area contributed by atoms with Crippen LogP contribution in [0.2, 0.25) is 0 Å². The average Bonchev–Trinajstić information content (AvgIpc) is 2.54. The molecule has 2 aliphatic rings. The number of ether oxygens (including phenoxy) is 1. The third-order valence-electron chi connectivity index (χ3n) is 5.34. The van der Waals surface area contributed by atoms with Gasteiger partial charge in [-0.25, -0.2) is 0 Å². The highest BCUT2D eigenvalue weighted by Gasteiger charge is 2.33. The molecule has 0 saturated carbocycles. The number of fused-ring (bicyclic) bond motifs is 1. The van der Waals surface area contributed by atoms with Gasteiger partial charge < -0.3 is 9.84 Å². The van der Waals surface area contributed by atoms with Crippen molar-refractivity contribution >= 4 is 12.0 Å². The van der Waals surface area contributed by atoms with Crippen LogP contribution < -0.4 is 4.74 Å². The maximum absolute atomic E-state index is 10.9. The minimum Gasteiger partial charge on any atom is -0.494 e. The summed E-state index contributed by atoms with van der Waals surface area (Å²) in [5.74, 6) is 0.621. The second-order valence-corrected chi connectivity index (χ2v) is 7.47. The highest BCUT2D eigenvalue weighted by molar-refractivity contribution is 5.71. The zero-order valence-electron chi connectivity index (χ0n) is 15.3. The van der Waals surface area contributed by atoms with Gasteiger partial charge in [-0.3, -0.25) is 9.69 Å². The molecule has 0 spiro atoms. The van der Waals surface area contributed by atoms with Crippen molar-refractivity contribution in [3.63, 3.8) is 0 Å². The van der Waals surface area contributed by atoms with Crippen LogP contribution in [-0.2, 0) is 11.2 Å². The van der Waals surface area contributed by atoms with E-state index in [1.807, 2.05) is 0 Å². The molecular formula is C21H29NO3. The van der Waals surface area contributed by atoms with Gasteiger partial charge in [0.2, 0.25) is 0 Å². The third kappa shape index (κ3) is 4.43. The Morgan fingerprint density at radius 3 is 2.84 bits per heavy atom. The van der Waals surface area contributed by atoms with Gasteiger partial charge in [-0.15, -0.1) is 0 Å². The van der Waals surface area contributed by atoms with E-state index in [2.05, 4.69) is 43.0 Å². The van der Waals surface area contributed by atoms with Crippen molar-refractivity contribution in [2.24, 2.45) is 11.8 Å². The minimum atomic E-state index is -0.668. The summed E-state index contributed by atoms with van der Waals surface area (Å²) in [7, 11) is 0. The highest BCUT2D eigenvalue weighted by atomic mass is 16.5. The van der Waals surface area contributed by atoms with Crippen LogP contribution in [0.4, 0.5) is 0 Å². The van der Waals surface area contributed by atoms with E-state index in [4.69, 9.17) is 9.84 Å². The lowest BCUT2D eigenvalue weighted by atomic mass is 9.83. The van der Waals surface area contributed by atoms with Crippen molar-refractivity contribution in [3.8, 4) is 5.75 Å². The molecule has 136 valence electrons. The molecule has 1 aromatic rings. The molecule has 1 aromatic carbocycles. The number of likely N-dealkylation sites (tertiary alicyclic amines) is 1. The van der Waals surface area contributed by atoms with Crippen molar-refractivity contribution in [3.05, 3.63) is 34.9 Å². The van der Waals surface area contributed by atoms with Crippen LogP contribution in [0.15, 0.2) is 23.8 Å². The van der Waals surface area contributed by atoms with Gasteiger partial charge in [-0.2, -0.15) is 0 Å². The van der Waals surface area contributed by atoms with Crippen molar-refractivity contribution in [2.45, 2.75) is 39.5 Å². The third-order valence-corrected chi connectivity index (χ3v) is 5.34. The Morgan fingerprint density at radius 2 is 2.12 bits per heavy atom. The first-order valence-corrected chi connectivity index (χ1v) is 9.48. The second-order valence-electron chi connectivity index (χ2n) is 7.47. The van der Waals surface area contributed by atoms with Gasteiger partial charge in [0.25, 0.3) is 0 Å². The van der Waals surface area contributed by atoms with E-state index in [0.717, 1.165) is 31.7 Å². The van der Waals surface area contributed by atoms with E-state index in [0.29, 0.717) is 19.0 Å². The van der Waals surface area contributed by atoms with Gasteiger partial charge in [0.05, 0.1) is 12.5 Å². The number of rotatable bonds is 8. The van der Waals surface area contributed by atoms with Crippen molar-refractivity contribution in [2.75, 3.05) is 26.2 Å². The van der Waals surface area contributed by atoms with Crippen LogP contribution in [0.25, 0.3) is 6.08 Å². The van der Waals surface area contributed by atoms with Gasteiger partial charge >= 0.3 is 5.97 Å². The first kappa shape index (κ1) is 18.0. The van der Waals surface area contributed by atoms with Crippen LogP contribution in [0.1, 0.15) is 44.2 Å². The fourth-order valence-corrected chi connectivity index (χ4v) is 3.65. The summed E-state index contributed by atoms with van der Waals surface area (Å²) in [4.78, 5) is 13.2. The van der Waals surface area contributed by atoms with E-state index in [1.165, 1.54) is 29.5 Å². The quantitative estimate of drug-likeness (QED) is 0.729. The molecule has 4 heteroatoms. The standard InChI is InChI=1S/C21H29NO3/c1-3-4-5-8-25-20-7-6-16-10-18(15(2)9-17(16)11-20)12-22-13-19(14-22)21(23)24/h6-7,10-11,15,19H,3-5,8-9,12-14H2,1-2H3,(H,23,24)/t15-/m0/s1. The van der Waals surface area contributed by atoms with Crippen molar-refractivity contribution in [1.82, 2.24) is 4.90 Å². The molecule has 25 heavy (non-hydrogen) atoms. The number of aliphatic carboxylic acids is 1. The first-order chi connectivity index (χ1) is 12.1. The van der Waals surface area contributed by atoms with Crippen molar-refractivity contribution < 1.29 is 14.6 Å². The summed E-state index contributed by atoms with van der Waals surface area (Å²) in [6.07, 6.45) is 6.86. The monoisotopic (exact) mass is 343 g/mol. The van der Waals surface area contributed by atoms with Crippen LogP contribution in [0.5, 0.6) is 5.75 Å². The smallest absolute Gasteiger partial charge is 0.309 e. The van der Waals surface area contributed by atoms with E-state index < -0.39 is 5.97 Å². The number of hydrogen-bond donors (Lipinski definition) is 1. The molecule has 1 atom stereocenters. The fourth-order valence-electron chi connectivity index (χ4n) is 3.65. The second kappa shape index (κ2) is 8.05. The van der Waals surface area contributed by atoms with Gasteiger partial charge in [0.1, 0.15) is 5.75 Å².